The maximum atomic E-state index is 13.0. The monoisotopic (exact) mass is 359 g/mol. The number of benzene rings is 1. The molecule has 0 radical (unpaired) electrons. The van der Waals surface area contributed by atoms with Crippen molar-refractivity contribution in [1.29, 1.82) is 0 Å². The molecule has 0 bridgehead atoms. The van der Waals surface area contributed by atoms with Crippen LogP contribution in [0.3, 0.4) is 0 Å². The molecule has 0 spiro atoms. The smallest absolute Gasteiger partial charge is 0.325 e. The van der Waals surface area contributed by atoms with E-state index in [4.69, 9.17) is 4.42 Å². The van der Waals surface area contributed by atoms with Gasteiger partial charge in [0.2, 0.25) is 5.91 Å². The maximum Gasteiger partial charge on any atom is 0.325 e. The van der Waals surface area contributed by atoms with Crippen molar-refractivity contribution in [2.24, 2.45) is 0 Å². The van der Waals surface area contributed by atoms with Crippen molar-refractivity contribution in [3.05, 3.63) is 59.8 Å². The summed E-state index contributed by atoms with van der Waals surface area (Å²) in [5, 5.41) is 2.56. The van der Waals surface area contributed by atoms with Crippen molar-refractivity contribution >= 4 is 17.8 Å². The number of hydrogen-bond acceptors (Lipinski definition) is 4. The zero-order chi connectivity index (χ0) is 18.9. The second-order valence-corrected chi connectivity index (χ2v) is 6.30. The molecule has 1 aromatic carbocycles. The molecule has 1 aliphatic heterocycles. The zero-order valence-corrected chi connectivity index (χ0v) is 14.4. The molecule has 0 saturated carbocycles. The van der Waals surface area contributed by atoms with Crippen molar-refractivity contribution in [3.8, 4) is 0 Å². The number of nitrogens with one attached hydrogen (secondary N) is 1. The van der Waals surface area contributed by atoms with Gasteiger partial charge in [0.15, 0.2) is 5.54 Å². The lowest BCUT2D eigenvalue weighted by Crippen LogP contribution is -2.43. The first-order valence-electron chi connectivity index (χ1n) is 7.98. The summed E-state index contributed by atoms with van der Waals surface area (Å²) >= 11 is 0. The minimum Gasteiger partial charge on any atom is -0.466 e. The molecule has 1 fully saturated rings. The molecule has 1 aromatic heterocycles. The largest absolute Gasteiger partial charge is 0.466 e. The fourth-order valence-electron chi connectivity index (χ4n) is 2.78. The van der Waals surface area contributed by atoms with Crippen LogP contribution in [0.25, 0.3) is 0 Å². The van der Waals surface area contributed by atoms with E-state index in [2.05, 4.69) is 5.32 Å². The summed E-state index contributed by atoms with van der Waals surface area (Å²) in [4.78, 5) is 39.5. The number of urea groups is 1. The van der Waals surface area contributed by atoms with Crippen LogP contribution >= 0.6 is 0 Å². The standard InChI is InChI=1S/C18H18FN3O4/c1-18(14-4-3-9-26-14)16(24)22(17(25)20-18)11-15(23)21(2)10-12-5-7-13(19)8-6-12/h3-9H,10-11H2,1-2H3,(H,20,25)/t18-/m0/s1. The molecule has 7 nitrogen and oxygen atoms in total. The van der Waals surface area contributed by atoms with Crippen molar-refractivity contribution in [3.63, 3.8) is 0 Å². The Labute approximate surface area is 149 Å². The number of furan rings is 1. The lowest BCUT2D eigenvalue weighted by molar-refractivity contribution is -0.138. The summed E-state index contributed by atoms with van der Waals surface area (Å²) in [6, 6.07) is 8.30. The molecule has 1 atom stereocenters. The first-order chi connectivity index (χ1) is 12.3. The second kappa shape index (κ2) is 6.62. The molecular weight excluding hydrogens is 341 g/mol. The first-order valence-corrected chi connectivity index (χ1v) is 7.98. The molecule has 3 rings (SSSR count). The Morgan fingerprint density at radius 1 is 1.27 bits per heavy atom. The van der Waals surface area contributed by atoms with Gasteiger partial charge in [-0.25, -0.2) is 9.18 Å². The van der Waals surface area contributed by atoms with Crippen LogP contribution in [-0.2, 0) is 21.7 Å². The van der Waals surface area contributed by atoms with E-state index in [-0.39, 0.29) is 12.4 Å². The van der Waals surface area contributed by atoms with Gasteiger partial charge < -0.3 is 14.6 Å². The van der Waals surface area contributed by atoms with Crippen LogP contribution in [0.4, 0.5) is 9.18 Å². The minimum absolute atomic E-state index is 0.234. The van der Waals surface area contributed by atoms with Crippen molar-refractivity contribution in [2.45, 2.75) is 19.0 Å². The van der Waals surface area contributed by atoms with Gasteiger partial charge in [-0.15, -0.1) is 0 Å². The summed E-state index contributed by atoms with van der Waals surface area (Å²) in [6.07, 6.45) is 1.41. The van der Waals surface area contributed by atoms with Gasteiger partial charge in [-0.05, 0) is 36.8 Å². The number of likely N-dealkylation sites (N-methyl/N-ethyl adjacent to an activating group) is 1. The van der Waals surface area contributed by atoms with E-state index in [0.717, 1.165) is 10.5 Å². The van der Waals surface area contributed by atoms with Crippen molar-refractivity contribution in [1.82, 2.24) is 15.1 Å². The van der Waals surface area contributed by atoms with Crippen LogP contribution < -0.4 is 5.32 Å². The summed E-state index contributed by atoms with van der Waals surface area (Å²) in [7, 11) is 1.55. The first kappa shape index (κ1) is 17.7. The molecule has 8 heteroatoms. The predicted molar refractivity (Wildman–Crippen MR) is 89.2 cm³/mol. The van der Waals surface area contributed by atoms with Crippen LogP contribution in [0.2, 0.25) is 0 Å². The predicted octanol–water partition coefficient (Wildman–Crippen LogP) is 1.84. The van der Waals surface area contributed by atoms with E-state index in [9.17, 15) is 18.8 Å². The minimum atomic E-state index is -1.34. The molecule has 1 saturated heterocycles. The Bertz CT molecular complexity index is 835. The van der Waals surface area contributed by atoms with Crippen molar-refractivity contribution in [2.75, 3.05) is 13.6 Å². The number of halogens is 1. The summed E-state index contributed by atoms with van der Waals surface area (Å²) in [5.74, 6) is -1.03. The molecule has 1 N–H and O–H groups in total. The van der Waals surface area contributed by atoms with Gasteiger partial charge in [0, 0.05) is 13.6 Å². The molecule has 2 heterocycles. The molecule has 0 aliphatic carbocycles. The lowest BCUT2D eigenvalue weighted by atomic mass is 9.99. The molecule has 1 aliphatic rings. The number of carbonyl (C=O) groups is 3. The Morgan fingerprint density at radius 3 is 2.58 bits per heavy atom. The zero-order valence-electron chi connectivity index (χ0n) is 14.4. The molecule has 26 heavy (non-hydrogen) atoms. The molecule has 136 valence electrons. The fourth-order valence-corrected chi connectivity index (χ4v) is 2.78. The highest BCUT2D eigenvalue weighted by Crippen LogP contribution is 2.29. The van der Waals surface area contributed by atoms with E-state index >= 15 is 0 Å². The second-order valence-electron chi connectivity index (χ2n) is 6.30. The van der Waals surface area contributed by atoms with Crippen LogP contribution in [0.5, 0.6) is 0 Å². The SMILES string of the molecule is CN(Cc1ccc(F)cc1)C(=O)CN1C(=O)N[C@@](C)(c2ccco2)C1=O. The highest BCUT2D eigenvalue weighted by atomic mass is 19.1. The third kappa shape index (κ3) is 3.17. The van der Waals surface area contributed by atoms with E-state index < -0.39 is 29.9 Å². The average molecular weight is 359 g/mol. The Balaban J connectivity index is 1.68. The van der Waals surface area contributed by atoms with Gasteiger partial charge in [-0.3, -0.25) is 14.5 Å². The maximum absolute atomic E-state index is 13.0. The van der Waals surface area contributed by atoms with Crippen molar-refractivity contribution < 1.29 is 23.2 Å². The van der Waals surface area contributed by atoms with Gasteiger partial charge in [-0.1, -0.05) is 12.1 Å². The fraction of sp³-hybridized carbons (Fsp3) is 0.278. The Hall–Kier alpha value is -3.16. The Kier molecular flexibility index (Phi) is 4.50. The lowest BCUT2D eigenvalue weighted by Gasteiger charge is -2.21. The van der Waals surface area contributed by atoms with E-state index in [0.29, 0.717) is 5.76 Å². The molecular formula is C18H18FN3O4. The quantitative estimate of drug-likeness (QED) is 0.826. The normalized spacial score (nSPS) is 19.6. The van der Waals surface area contributed by atoms with E-state index in [1.807, 2.05) is 0 Å². The molecule has 4 amide bonds. The number of nitrogens with zero attached hydrogens (tertiary/aromatic N) is 2. The summed E-state index contributed by atoms with van der Waals surface area (Å²) in [6.45, 7) is 1.37. The van der Waals surface area contributed by atoms with Gasteiger partial charge in [0.05, 0.1) is 6.26 Å². The van der Waals surface area contributed by atoms with E-state index in [1.165, 1.54) is 30.2 Å². The number of imide groups is 1. The summed E-state index contributed by atoms with van der Waals surface area (Å²) in [5.41, 5.74) is -0.601. The number of hydrogen-bond donors (Lipinski definition) is 1. The molecule has 2 aromatic rings. The van der Waals surface area contributed by atoms with Gasteiger partial charge in [-0.2, -0.15) is 0 Å². The number of carbonyl (C=O) groups excluding carboxylic acids is 3. The molecule has 0 unspecified atom stereocenters. The van der Waals surface area contributed by atoms with Gasteiger partial charge >= 0.3 is 6.03 Å². The van der Waals surface area contributed by atoms with E-state index in [1.54, 1.807) is 31.3 Å². The summed E-state index contributed by atoms with van der Waals surface area (Å²) < 4.78 is 18.2. The number of rotatable bonds is 5. The highest BCUT2D eigenvalue weighted by molar-refractivity contribution is 6.08. The van der Waals surface area contributed by atoms with Gasteiger partial charge in [0.25, 0.3) is 5.91 Å². The average Bonchev–Trinajstić information content (AvgIpc) is 3.21. The highest BCUT2D eigenvalue weighted by Gasteiger charge is 2.51. The van der Waals surface area contributed by atoms with Crippen LogP contribution in [0.15, 0.2) is 47.1 Å². The van der Waals surface area contributed by atoms with Crippen LogP contribution in [0, 0.1) is 5.82 Å². The van der Waals surface area contributed by atoms with Crippen LogP contribution in [-0.4, -0.2) is 41.2 Å². The topological polar surface area (TPSA) is 82.9 Å². The number of amides is 4. The van der Waals surface area contributed by atoms with Crippen LogP contribution in [0.1, 0.15) is 18.2 Å². The Morgan fingerprint density at radius 2 is 1.96 bits per heavy atom. The third-order valence-corrected chi connectivity index (χ3v) is 4.34. The third-order valence-electron chi connectivity index (χ3n) is 4.34. The van der Waals surface area contributed by atoms with Gasteiger partial charge in [0.1, 0.15) is 18.1 Å².